The first kappa shape index (κ1) is 66.8. The standard InChI is InChI=1S/C63H98N6O15Si/c1-37-30-43-32-53(84-85(14,15)62(6,7)8)80-49(33-51(71)75-38(2)22-17-16-18-26-48(37)79-52-29-28-46(64-10)39(3)76-52)59(74-13)58(43)83-61-56(72)55(68(11)12)57(40(4)78-61)82-54-34-63(9,73)60(41(5)77-54)81-50(70)27-21-24-44-36-69(67-66-44)45-31-42-23-19-20-25-47(42)65-35-45/h16-20,23,25-26,31,35-41,43,46,48-49,52-61,64,72-73H,21-22,24,27-30,32-34H2,1-15H3/b17-16+,26-18+/t37-,38-,39-,40-,41+,43-,46+,48+,49-,52+,53?,54+,55-,56-,57-,58+,59+,60+,61+,63-/m1/s1. The van der Waals surface area contributed by atoms with E-state index in [4.69, 9.17) is 51.8 Å². The summed E-state index contributed by atoms with van der Waals surface area (Å²) in [6, 6.07) is 9.34. The molecule has 0 spiro atoms. The van der Waals surface area contributed by atoms with Gasteiger partial charge in [0.25, 0.3) is 0 Å². The molecular weight excluding hydrogens is 1110 g/mol. The molecule has 2 aromatic heterocycles. The topological polar surface area (TPSA) is 235 Å². The van der Waals surface area contributed by atoms with E-state index >= 15 is 0 Å². The number of hydrogen-bond donors (Lipinski definition) is 3. The zero-order chi connectivity index (χ0) is 61.5. The van der Waals surface area contributed by atoms with E-state index in [0.717, 1.165) is 29.4 Å². The van der Waals surface area contributed by atoms with Crippen LogP contribution in [0.1, 0.15) is 126 Å². The molecule has 1 aromatic carbocycles. The summed E-state index contributed by atoms with van der Waals surface area (Å²) in [5.74, 6) is -1.42. The highest BCUT2D eigenvalue weighted by Gasteiger charge is 2.54. The minimum absolute atomic E-state index is 0.0435. The number of fused-ring (bicyclic) bond motifs is 4. The molecule has 20 atom stereocenters. The largest absolute Gasteiger partial charge is 0.462 e. The maximum atomic E-state index is 14.0. The fraction of sp³-hybridized carbons (Fsp3) is 0.730. The van der Waals surface area contributed by atoms with E-state index < -0.39 is 112 Å². The van der Waals surface area contributed by atoms with Crippen molar-refractivity contribution in [2.75, 3.05) is 28.3 Å². The second-order valence-corrected chi connectivity index (χ2v) is 31.0. The molecule has 4 fully saturated rings. The summed E-state index contributed by atoms with van der Waals surface area (Å²) in [4.78, 5) is 33.8. The number of carbonyl (C=O) groups is 2. The monoisotopic (exact) mass is 1210 g/mol. The maximum Gasteiger partial charge on any atom is 0.308 e. The zero-order valence-electron chi connectivity index (χ0n) is 52.8. The number of cyclic esters (lactones) is 1. The fourth-order valence-electron chi connectivity index (χ4n) is 12.4. The van der Waals surface area contributed by atoms with Gasteiger partial charge >= 0.3 is 11.9 Å². The minimum atomic E-state index is -2.50. The number of aromatic nitrogens is 4. The van der Waals surface area contributed by atoms with Gasteiger partial charge in [-0.25, -0.2) is 4.68 Å². The highest BCUT2D eigenvalue weighted by Crippen LogP contribution is 2.44. The number of rotatable bonds is 17. The van der Waals surface area contributed by atoms with Crippen LogP contribution in [0.15, 0.2) is 67.0 Å². The molecule has 3 N–H and O–H groups in total. The molecule has 85 heavy (non-hydrogen) atoms. The van der Waals surface area contributed by atoms with Crippen molar-refractivity contribution in [3.8, 4) is 5.69 Å². The number of nitrogens with one attached hydrogen (secondary N) is 1. The third-order valence-corrected chi connectivity index (χ3v) is 22.6. The average Bonchev–Trinajstić information content (AvgIpc) is 4.03. The Morgan fingerprint density at radius 2 is 1.68 bits per heavy atom. The first-order valence-corrected chi connectivity index (χ1v) is 33.7. The summed E-state index contributed by atoms with van der Waals surface area (Å²) in [6.45, 7) is 22.2. The molecule has 474 valence electrons. The summed E-state index contributed by atoms with van der Waals surface area (Å²) in [5.41, 5.74) is 0.826. The summed E-state index contributed by atoms with van der Waals surface area (Å²) < 4.78 is 74.7. The van der Waals surface area contributed by atoms with Crippen molar-refractivity contribution in [1.82, 2.24) is 30.2 Å². The third-order valence-electron chi connectivity index (χ3n) is 18.2. The number of carbonyl (C=O) groups excluding carboxylic acids is 2. The van der Waals surface area contributed by atoms with Gasteiger partial charge in [0.05, 0.1) is 78.4 Å². The molecule has 5 aliphatic rings. The second-order valence-electron chi connectivity index (χ2n) is 26.3. The number of nitrogens with zero attached hydrogens (tertiary/aromatic N) is 5. The Morgan fingerprint density at radius 1 is 0.929 bits per heavy atom. The lowest BCUT2D eigenvalue weighted by atomic mass is 9.82. The predicted molar refractivity (Wildman–Crippen MR) is 321 cm³/mol. The summed E-state index contributed by atoms with van der Waals surface area (Å²) >= 11 is 0. The van der Waals surface area contributed by atoms with Crippen LogP contribution in [0.4, 0.5) is 0 Å². The van der Waals surface area contributed by atoms with Crippen LogP contribution in [0, 0.1) is 11.8 Å². The van der Waals surface area contributed by atoms with Gasteiger partial charge in [0.15, 0.2) is 33.3 Å². The van der Waals surface area contributed by atoms with Gasteiger partial charge in [-0.2, -0.15) is 0 Å². The van der Waals surface area contributed by atoms with E-state index in [1.807, 2.05) is 94.6 Å². The molecule has 0 aliphatic carbocycles. The van der Waals surface area contributed by atoms with Gasteiger partial charge in [0.2, 0.25) is 0 Å². The van der Waals surface area contributed by atoms with Crippen LogP contribution in [-0.2, 0) is 67.8 Å². The van der Waals surface area contributed by atoms with Gasteiger partial charge in [-0.15, -0.1) is 5.10 Å². The van der Waals surface area contributed by atoms with E-state index in [-0.39, 0.29) is 54.4 Å². The minimum Gasteiger partial charge on any atom is -0.462 e. The van der Waals surface area contributed by atoms with Crippen molar-refractivity contribution in [3.63, 3.8) is 0 Å². The van der Waals surface area contributed by atoms with Gasteiger partial charge in [0.1, 0.15) is 36.3 Å². The van der Waals surface area contributed by atoms with E-state index in [0.29, 0.717) is 37.8 Å². The van der Waals surface area contributed by atoms with Gasteiger partial charge in [0, 0.05) is 44.2 Å². The molecule has 1 unspecified atom stereocenters. The summed E-state index contributed by atoms with van der Waals surface area (Å²) in [5, 5.41) is 37.4. The van der Waals surface area contributed by atoms with Crippen LogP contribution >= 0.6 is 0 Å². The Labute approximate surface area is 504 Å². The third kappa shape index (κ3) is 17.0. The molecule has 8 rings (SSSR count). The highest BCUT2D eigenvalue weighted by atomic mass is 28.4. The summed E-state index contributed by atoms with van der Waals surface area (Å²) in [7, 11) is 4.73. The maximum absolute atomic E-state index is 14.0. The number of aliphatic hydroxyl groups is 2. The SMILES string of the molecule is CN[C@H]1CC[C@H](O[C@H]2/C=C/C=C/C[C@@H](C)OC(=O)C[C@H]3OC(O[Si](C)(C)C(C)(C)C)C[C@@H](C[C@H]2C)[C@H](O[C@@H]2O[C@H](C)[C@@H](O[C@H]4C[C@@](C)(O)[C@@H](OC(=O)CCCc5cn(-c6cnc7ccccc7c6)nn5)[C@H](C)O4)[C@H](N(C)C)[C@H]2O)[C@H]3OC)O[C@@H]1C. The van der Waals surface area contributed by atoms with Crippen LogP contribution in [0.5, 0.6) is 0 Å². The van der Waals surface area contributed by atoms with E-state index in [1.165, 1.54) is 0 Å². The number of aliphatic hydroxyl groups excluding tert-OH is 1. The van der Waals surface area contributed by atoms with Crippen molar-refractivity contribution in [2.45, 2.75) is 255 Å². The molecule has 3 aromatic rings. The number of allylic oxidation sites excluding steroid dienone is 2. The van der Waals surface area contributed by atoms with Crippen molar-refractivity contribution in [1.29, 1.82) is 0 Å². The smallest absolute Gasteiger partial charge is 0.308 e. The first-order valence-electron chi connectivity index (χ1n) is 30.8. The lowest BCUT2D eigenvalue weighted by Gasteiger charge is -2.50. The van der Waals surface area contributed by atoms with Crippen molar-refractivity contribution in [3.05, 3.63) is 72.7 Å². The number of methoxy groups -OCH3 is 1. The van der Waals surface area contributed by atoms with Gasteiger partial charge in [-0.1, -0.05) is 75.4 Å². The van der Waals surface area contributed by atoms with E-state index in [9.17, 15) is 19.8 Å². The average molecular weight is 1210 g/mol. The molecule has 2 bridgehead atoms. The van der Waals surface area contributed by atoms with Crippen molar-refractivity contribution >= 4 is 31.2 Å². The van der Waals surface area contributed by atoms with Crippen molar-refractivity contribution in [2.24, 2.45) is 11.8 Å². The Kier molecular flexibility index (Phi) is 22.8. The molecule has 7 heterocycles. The number of para-hydroxylation sites is 1. The predicted octanol–water partition coefficient (Wildman–Crippen LogP) is 7.87. The van der Waals surface area contributed by atoms with Crippen LogP contribution in [0.2, 0.25) is 18.1 Å². The molecule has 22 heteroatoms. The van der Waals surface area contributed by atoms with Crippen LogP contribution < -0.4 is 5.32 Å². The molecular formula is C63H98N6O15Si. The number of hydrogen-bond acceptors (Lipinski definition) is 20. The number of likely N-dealkylation sites (N-methyl/N-ethyl adjacent to an activating group) is 2. The molecule has 0 saturated carbocycles. The zero-order valence-corrected chi connectivity index (χ0v) is 53.8. The summed E-state index contributed by atoms with van der Waals surface area (Å²) in [6.07, 6.45) is 4.03. The molecule has 21 nitrogen and oxygen atoms in total. The Bertz CT molecular complexity index is 2700. The molecule has 5 aliphatic heterocycles. The molecule has 4 saturated heterocycles. The lowest BCUT2D eigenvalue weighted by Crippen LogP contribution is -2.65. The number of pyridine rings is 1. The first-order chi connectivity index (χ1) is 40.2. The normalized spacial score (nSPS) is 37.3. The van der Waals surface area contributed by atoms with Crippen LogP contribution in [0.3, 0.4) is 0 Å². The van der Waals surface area contributed by atoms with Crippen molar-refractivity contribution < 1.29 is 71.6 Å². The lowest BCUT2D eigenvalue weighted by molar-refractivity contribution is -0.343. The second kappa shape index (κ2) is 29.0. The molecule has 0 radical (unpaired) electrons. The molecule has 0 amide bonds. The van der Waals surface area contributed by atoms with Crippen LogP contribution in [-0.4, -0.2) is 194 Å². The fourth-order valence-corrected chi connectivity index (χ4v) is 13.6. The van der Waals surface area contributed by atoms with Gasteiger partial charge < -0.3 is 72.2 Å². The van der Waals surface area contributed by atoms with Gasteiger partial charge in [-0.3, -0.25) is 14.6 Å². The quantitative estimate of drug-likeness (QED) is 0.0861. The number of esters is 2. The number of benzene rings is 1. The Hall–Kier alpha value is -4.11. The Morgan fingerprint density at radius 3 is 2.39 bits per heavy atom. The number of ether oxygens (including phenoxy) is 10. The van der Waals surface area contributed by atoms with E-state index in [1.54, 1.807) is 31.8 Å². The van der Waals surface area contributed by atoms with Crippen LogP contribution in [0.25, 0.3) is 16.6 Å². The van der Waals surface area contributed by atoms with Gasteiger partial charge in [-0.05, 0) is 130 Å². The highest BCUT2D eigenvalue weighted by molar-refractivity contribution is 6.74. The number of aryl methyl sites for hydroxylation is 1. The van der Waals surface area contributed by atoms with E-state index in [2.05, 4.69) is 74.4 Å². The Balaban J connectivity index is 0.978.